The summed E-state index contributed by atoms with van der Waals surface area (Å²) in [4.78, 5) is 11.7. The van der Waals surface area contributed by atoms with Crippen molar-refractivity contribution < 1.29 is 33.3 Å². The number of carbonyl (C=O) groups excluding carboxylic acids is 1. The summed E-state index contributed by atoms with van der Waals surface area (Å²) < 4.78 is 35.7. The zero-order chi connectivity index (χ0) is 14.8. The first kappa shape index (κ1) is 14.8. The van der Waals surface area contributed by atoms with E-state index in [0.717, 1.165) is 0 Å². The molecule has 1 fully saturated rings. The SMILES string of the molecule is O=C(OC[C@@]1(C(F)F)OC[C@H](O)[C@@H]1O)c1ccccc1. The van der Waals surface area contributed by atoms with Crippen molar-refractivity contribution in [2.24, 2.45) is 0 Å². The third-order valence-corrected chi connectivity index (χ3v) is 3.20. The van der Waals surface area contributed by atoms with Crippen LogP contribution in [0.15, 0.2) is 30.3 Å². The number of halogens is 2. The van der Waals surface area contributed by atoms with Gasteiger partial charge in [-0.25, -0.2) is 13.6 Å². The Morgan fingerprint density at radius 2 is 2.05 bits per heavy atom. The molecule has 0 aromatic heterocycles. The lowest BCUT2D eigenvalue weighted by Gasteiger charge is -2.30. The standard InChI is InChI=1S/C13H14F2O5/c14-12(15)13(10(17)9(16)6-20-13)7-19-11(18)8-4-2-1-3-5-8/h1-5,9-10,12,16-17H,6-7H2/t9-,10-,13+/m0/s1. The Morgan fingerprint density at radius 3 is 2.55 bits per heavy atom. The summed E-state index contributed by atoms with van der Waals surface area (Å²) in [6.45, 7) is -1.27. The topological polar surface area (TPSA) is 76.0 Å². The van der Waals surface area contributed by atoms with Gasteiger partial charge in [0, 0.05) is 0 Å². The predicted molar refractivity (Wildman–Crippen MR) is 63.4 cm³/mol. The van der Waals surface area contributed by atoms with Crippen molar-refractivity contribution in [1.82, 2.24) is 0 Å². The van der Waals surface area contributed by atoms with E-state index in [0.29, 0.717) is 0 Å². The number of benzene rings is 1. The summed E-state index contributed by atoms with van der Waals surface area (Å²) in [5.41, 5.74) is -2.19. The highest BCUT2D eigenvalue weighted by molar-refractivity contribution is 5.89. The second-order valence-electron chi connectivity index (χ2n) is 4.52. The minimum Gasteiger partial charge on any atom is -0.459 e. The number of aliphatic hydroxyl groups excluding tert-OH is 2. The first-order valence-corrected chi connectivity index (χ1v) is 5.98. The smallest absolute Gasteiger partial charge is 0.338 e. The molecular formula is C13H14F2O5. The molecule has 2 rings (SSSR count). The number of ether oxygens (including phenoxy) is 2. The van der Waals surface area contributed by atoms with E-state index in [4.69, 9.17) is 9.47 Å². The lowest BCUT2D eigenvalue weighted by Crippen LogP contribution is -2.53. The molecule has 0 saturated carbocycles. The molecule has 1 aromatic rings. The van der Waals surface area contributed by atoms with Crippen LogP contribution in [0.2, 0.25) is 0 Å². The third kappa shape index (κ3) is 2.65. The van der Waals surface area contributed by atoms with E-state index in [9.17, 15) is 23.8 Å². The van der Waals surface area contributed by atoms with Gasteiger partial charge in [0.25, 0.3) is 6.43 Å². The molecule has 0 amide bonds. The summed E-state index contributed by atoms with van der Waals surface area (Å²) >= 11 is 0. The Kier molecular flexibility index (Phi) is 4.32. The van der Waals surface area contributed by atoms with E-state index in [1.54, 1.807) is 18.2 Å². The lowest BCUT2D eigenvalue weighted by molar-refractivity contribution is -0.174. The van der Waals surface area contributed by atoms with Crippen molar-refractivity contribution in [3.63, 3.8) is 0 Å². The molecule has 0 radical (unpaired) electrons. The van der Waals surface area contributed by atoms with Gasteiger partial charge in [-0.1, -0.05) is 18.2 Å². The molecule has 7 heteroatoms. The maximum Gasteiger partial charge on any atom is 0.338 e. The van der Waals surface area contributed by atoms with Crippen LogP contribution in [0.4, 0.5) is 8.78 Å². The summed E-state index contributed by atoms with van der Waals surface area (Å²) in [5, 5.41) is 18.9. The van der Waals surface area contributed by atoms with Gasteiger partial charge >= 0.3 is 5.97 Å². The Bertz CT molecular complexity index is 467. The van der Waals surface area contributed by atoms with Crippen LogP contribution in [0.25, 0.3) is 0 Å². The van der Waals surface area contributed by atoms with Crippen LogP contribution in [0, 0.1) is 0 Å². The second-order valence-corrected chi connectivity index (χ2v) is 4.52. The molecular weight excluding hydrogens is 274 g/mol. The van der Waals surface area contributed by atoms with Gasteiger partial charge in [-0.2, -0.15) is 0 Å². The van der Waals surface area contributed by atoms with Crippen LogP contribution >= 0.6 is 0 Å². The summed E-state index contributed by atoms with van der Waals surface area (Å²) in [6.07, 6.45) is -6.34. The van der Waals surface area contributed by atoms with E-state index in [1.165, 1.54) is 12.1 Å². The summed E-state index contributed by atoms with van der Waals surface area (Å²) in [6, 6.07) is 7.84. The fourth-order valence-electron chi connectivity index (χ4n) is 1.96. The van der Waals surface area contributed by atoms with Crippen LogP contribution in [0.5, 0.6) is 0 Å². The average molecular weight is 288 g/mol. The molecule has 2 N–H and O–H groups in total. The lowest BCUT2D eigenvalue weighted by atomic mass is 9.97. The number of carbonyl (C=O) groups is 1. The van der Waals surface area contributed by atoms with E-state index >= 15 is 0 Å². The molecule has 0 unspecified atom stereocenters. The Morgan fingerprint density at radius 1 is 1.40 bits per heavy atom. The molecule has 0 bridgehead atoms. The number of alkyl halides is 2. The zero-order valence-corrected chi connectivity index (χ0v) is 10.4. The molecule has 1 saturated heterocycles. The van der Waals surface area contributed by atoms with E-state index < -0.39 is 43.4 Å². The summed E-state index contributed by atoms with van der Waals surface area (Å²) in [7, 11) is 0. The van der Waals surface area contributed by atoms with Gasteiger partial charge in [0.2, 0.25) is 0 Å². The highest BCUT2D eigenvalue weighted by atomic mass is 19.3. The van der Waals surface area contributed by atoms with Gasteiger partial charge in [0.15, 0.2) is 5.60 Å². The van der Waals surface area contributed by atoms with E-state index in [1.807, 2.05) is 0 Å². The number of aliphatic hydroxyl groups is 2. The number of rotatable bonds is 4. The van der Waals surface area contributed by atoms with Crippen LogP contribution in [0.1, 0.15) is 10.4 Å². The van der Waals surface area contributed by atoms with Crippen molar-refractivity contribution in [2.75, 3.05) is 13.2 Å². The molecule has 1 aliphatic rings. The first-order valence-electron chi connectivity index (χ1n) is 5.98. The largest absolute Gasteiger partial charge is 0.459 e. The van der Waals surface area contributed by atoms with Crippen molar-refractivity contribution in [2.45, 2.75) is 24.2 Å². The minimum absolute atomic E-state index is 0.199. The quantitative estimate of drug-likeness (QED) is 0.793. The average Bonchev–Trinajstić information content (AvgIpc) is 2.75. The van der Waals surface area contributed by atoms with Gasteiger partial charge in [0.1, 0.15) is 18.8 Å². The first-order chi connectivity index (χ1) is 9.47. The van der Waals surface area contributed by atoms with Gasteiger partial charge in [-0.05, 0) is 12.1 Å². The van der Waals surface area contributed by atoms with Crippen LogP contribution < -0.4 is 0 Å². The number of hydrogen-bond donors (Lipinski definition) is 2. The third-order valence-electron chi connectivity index (χ3n) is 3.20. The molecule has 20 heavy (non-hydrogen) atoms. The molecule has 110 valence electrons. The Labute approximate surface area is 113 Å². The van der Waals surface area contributed by atoms with Crippen LogP contribution in [0.3, 0.4) is 0 Å². The zero-order valence-electron chi connectivity index (χ0n) is 10.4. The monoisotopic (exact) mass is 288 g/mol. The van der Waals surface area contributed by atoms with Gasteiger partial charge in [-0.15, -0.1) is 0 Å². The van der Waals surface area contributed by atoms with Crippen molar-refractivity contribution >= 4 is 5.97 Å². The van der Waals surface area contributed by atoms with E-state index in [2.05, 4.69) is 0 Å². The molecule has 0 spiro atoms. The van der Waals surface area contributed by atoms with Gasteiger partial charge in [0.05, 0.1) is 12.2 Å². The fourth-order valence-corrected chi connectivity index (χ4v) is 1.96. The predicted octanol–water partition coefficient (Wildman–Crippen LogP) is 0.599. The van der Waals surface area contributed by atoms with Crippen LogP contribution in [-0.4, -0.2) is 53.6 Å². The Hall–Kier alpha value is -1.57. The number of esters is 1. The minimum atomic E-state index is -3.10. The van der Waals surface area contributed by atoms with Gasteiger partial charge < -0.3 is 19.7 Å². The molecule has 3 atom stereocenters. The van der Waals surface area contributed by atoms with E-state index in [-0.39, 0.29) is 5.56 Å². The Balaban J connectivity index is 2.06. The maximum absolute atomic E-state index is 13.1. The molecule has 5 nitrogen and oxygen atoms in total. The van der Waals surface area contributed by atoms with Gasteiger partial charge in [-0.3, -0.25) is 0 Å². The fraction of sp³-hybridized carbons (Fsp3) is 0.462. The molecule has 1 aromatic carbocycles. The highest BCUT2D eigenvalue weighted by Crippen LogP contribution is 2.33. The van der Waals surface area contributed by atoms with Crippen LogP contribution in [-0.2, 0) is 9.47 Å². The van der Waals surface area contributed by atoms with Crippen molar-refractivity contribution in [3.8, 4) is 0 Å². The van der Waals surface area contributed by atoms with Crippen molar-refractivity contribution in [3.05, 3.63) is 35.9 Å². The molecule has 0 aliphatic carbocycles. The number of hydrogen-bond acceptors (Lipinski definition) is 5. The summed E-state index contributed by atoms with van der Waals surface area (Å²) in [5.74, 6) is -0.803. The molecule has 1 aliphatic heterocycles. The van der Waals surface area contributed by atoms with Crippen molar-refractivity contribution in [1.29, 1.82) is 0 Å². The normalized spacial score (nSPS) is 29.6. The molecule has 1 heterocycles. The maximum atomic E-state index is 13.1. The second kappa shape index (κ2) is 5.82. The highest BCUT2D eigenvalue weighted by Gasteiger charge is 2.56.